The van der Waals surface area contributed by atoms with Gasteiger partial charge in [0.1, 0.15) is 5.92 Å². The van der Waals surface area contributed by atoms with Crippen molar-refractivity contribution in [2.24, 2.45) is 17.8 Å². The summed E-state index contributed by atoms with van der Waals surface area (Å²) in [4.78, 5) is 25.7. The van der Waals surface area contributed by atoms with Crippen LogP contribution in [0.4, 0.5) is 0 Å². The first kappa shape index (κ1) is 14.0. The molecule has 0 radical (unpaired) electrons. The minimum atomic E-state index is -0.645. The van der Waals surface area contributed by atoms with E-state index in [4.69, 9.17) is 4.74 Å². The number of piperidine rings is 1. The van der Waals surface area contributed by atoms with E-state index in [1.165, 1.54) is 7.11 Å². The van der Waals surface area contributed by atoms with E-state index >= 15 is 0 Å². The summed E-state index contributed by atoms with van der Waals surface area (Å²) in [6, 6.07) is 0. The summed E-state index contributed by atoms with van der Waals surface area (Å²) < 4.78 is 4.72. The van der Waals surface area contributed by atoms with Crippen molar-refractivity contribution in [1.82, 2.24) is 4.90 Å². The summed E-state index contributed by atoms with van der Waals surface area (Å²) in [7, 11) is 1.34. The number of likely N-dealkylation sites (tertiary alicyclic amines) is 1. The number of rotatable bonds is 3. The highest BCUT2D eigenvalue weighted by molar-refractivity contribution is 5.98. The van der Waals surface area contributed by atoms with Gasteiger partial charge >= 0.3 is 5.97 Å². The molecule has 0 aromatic rings. The second-order valence-corrected chi connectivity index (χ2v) is 5.25. The Balaban J connectivity index is 2.68. The monoisotopic (exact) mass is 241 g/mol. The molecule has 0 aliphatic carbocycles. The SMILES string of the molecule is COC(=O)C(C(=O)N1CCC(C)CC1)C(C)C. The molecule has 1 unspecified atom stereocenters. The first-order valence-electron chi connectivity index (χ1n) is 6.34. The van der Waals surface area contributed by atoms with Crippen LogP contribution in [0.3, 0.4) is 0 Å². The average Bonchev–Trinajstić information content (AvgIpc) is 2.29. The summed E-state index contributed by atoms with van der Waals surface area (Å²) in [6.07, 6.45) is 2.05. The van der Waals surface area contributed by atoms with E-state index in [-0.39, 0.29) is 11.8 Å². The Bertz CT molecular complexity index is 280. The first-order valence-corrected chi connectivity index (χ1v) is 6.34. The van der Waals surface area contributed by atoms with E-state index in [0.29, 0.717) is 5.92 Å². The van der Waals surface area contributed by atoms with Crippen LogP contribution in [0.15, 0.2) is 0 Å². The third kappa shape index (κ3) is 3.45. The lowest BCUT2D eigenvalue weighted by Gasteiger charge is -2.33. The van der Waals surface area contributed by atoms with Gasteiger partial charge in [0, 0.05) is 13.1 Å². The molecule has 1 amide bonds. The van der Waals surface area contributed by atoms with Gasteiger partial charge in [0.05, 0.1) is 7.11 Å². The number of amides is 1. The number of hydrogen-bond donors (Lipinski definition) is 0. The second-order valence-electron chi connectivity index (χ2n) is 5.25. The minimum Gasteiger partial charge on any atom is -0.468 e. The van der Waals surface area contributed by atoms with Crippen LogP contribution in [0.25, 0.3) is 0 Å². The van der Waals surface area contributed by atoms with Crippen molar-refractivity contribution in [1.29, 1.82) is 0 Å². The third-order valence-electron chi connectivity index (χ3n) is 3.48. The van der Waals surface area contributed by atoms with Gasteiger partial charge in [-0.2, -0.15) is 0 Å². The summed E-state index contributed by atoms with van der Waals surface area (Å²) in [6.45, 7) is 7.49. The molecular formula is C13H23NO3. The largest absolute Gasteiger partial charge is 0.468 e. The van der Waals surface area contributed by atoms with E-state index in [0.717, 1.165) is 25.9 Å². The highest BCUT2D eigenvalue weighted by atomic mass is 16.5. The standard InChI is InChI=1S/C13H23NO3/c1-9(2)11(13(16)17-4)12(15)14-7-5-10(3)6-8-14/h9-11H,5-8H2,1-4H3. The number of carbonyl (C=O) groups excluding carboxylic acids is 2. The van der Waals surface area contributed by atoms with Crippen LogP contribution in [-0.4, -0.2) is 37.0 Å². The molecule has 1 saturated heterocycles. The van der Waals surface area contributed by atoms with Gasteiger partial charge in [-0.05, 0) is 24.7 Å². The van der Waals surface area contributed by atoms with E-state index in [2.05, 4.69) is 6.92 Å². The van der Waals surface area contributed by atoms with Crippen LogP contribution < -0.4 is 0 Å². The second kappa shape index (κ2) is 6.03. The zero-order chi connectivity index (χ0) is 13.0. The summed E-state index contributed by atoms with van der Waals surface area (Å²) >= 11 is 0. The number of methoxy groups -OCH3 is 1. The molecule has 0 bridgehead atoms. The molecule has 1 aliphatic heterocycles. The van der Waals surface area contributed by atoms with Gasteiger partial charge in [0.15, 0.2) is 0 Å². The van der Waals surface area contributed by atoms with Crippen molar-refractivity contribution >= 4 is 11.9 Å². The normalized spacial score (nSPS) is 19.2. The molecule has 0 saturated carbocycles. The lowest BCUT2D eigenvalue weighted by atomic mass is 9.92. The first-order chi connectivity index (χ1) is 7.97. The minimum absolute atomic E-state index is 0.0192. The van der Waals surface area contributed by atoms with Crippen LogP contribution in [0.1, 0.15) is 33.6 Å². The van der Waals surface area contributed by atoms with Crippen LogP contribution in [0.2, 0.25) is 0 Å². The third-order valence-corrected chi connectivity index (χ3v) is 3.48. The lowest BCUT2D eigenvalue weighted by Crippen LogP contribution is -2.45. The van der Waals surface area contributed by atoms with Gasteiger partial charge in [-0.15, -0.1) is 0 Å². The molecule has 1 atom stereocenters. The number of nitrogens with zero attached hydrogens (tertiary/aromatic N) is 1. The fourth-order valence-electron chi connectivity index (χ4n) is 2.21. The van der Waals surface area contributed by atoms with E-state index in [1.54, 1.807) is 0 Å². The number of hydrogen-bond acceptors (Lipinski definition) is 3. The molecular weight excluding hydrogens is 218 g/mol. The highest BCUT2D eigenvalue weighted by Gasteiger charge is 2.35. The van der Waals surface area contributed by atoms with Crippen LogP contribution in [-0.2, 0) is 14.3 Å². The molecule has 1 rings (SSSR count). The average molecular weight is 241 g/mol. The maximum atomic E-state index is 12.3. The van der Waals surface area contributed by atoms with Crippen molar-refractivity contribution in [3.05, 3.63) is 0 Å². The van der Waals surface area contributed by atoms with Gasteiger partial charge in [0.25, 0.3) is 0 Å². The Kier molecular flexibility index (Phi) is 4.97. The van der Waals surface area contributed by atoms with Gasteiger partial charge in [-0.1, -0.05) is 20.8 Å². The van der Waals surface area contributed by atoms with Crippen molar-refractivity contribution in [3.63, 3.8) is 0 Å². The van der Waals surface area contributed by atoms with E-state index < -0.39 is 11.9 Å². The molecule has 1 heterocycles. The molecule has 17 heavy (non-hydrogen) atoms. The van der Waals surface area contributed by atoms with E-state index in [9.17, 15) is 9.59 Å². The molecule has 1 fully saturated rings. The Labute approximate surface area is 103 Å². The molecule has 0 aromatic carbocycles. The summed E-state index contributed by atoms with van der Waals surface area (Å²) in [5.41, 5.74) is 0. The predicted octanol–water partition coefficient (Wildman–Crippen LogP) is 1.69. The number of esters is 1. The van der Waals surface area contributed by atoms with Crippen molar-refractivity contribution < 1.29 is 14.3 Å². The molecule has 4 nitrogen and oxygen atoms in total. The Morgan fingerprint density at radius 1 is 1.24 bits per heavy atom. The summed E-state index contributed by atoms with van der Waals surface area (Å²) in [5, 5.41) is 0. The van der Waals surface area contributed by atoms with Gasteiger partial charge in [0.2, 0.25) is 5.91 Å². The van der Waals surface area contributed by atoms with Gasteiger partial charge < -0.3 is 9.64 Å². The lowest BCUT2D eigenvalue weighted by molar-refractivity contribution is -0.156. The summed E-state index contributed by atoms with van der Waals surface area (Å²) in [5.74, 6) is -0.472. The molecule has 98 valence electrons. The zero-order valence-corrected chi connectivity index (χ0v) is 11.2. The zero-order valence-electron chi connectivity index (χ0n) is 11.2. The fourth-order valence-corrected chi connectivity index (χ4v) is 2.21. The fraction of sp³-hybridized carbons (Fsp3) is 0.846. The number of carbonyl (C=O) groups is 2. The van der Waals surface area contributed by atoms with Crippen LogP contribution in [0, 0.1) is 17.8 Å². The Hall–Kier alpha value is -1.06. The molecule has 0 spiro atoms. The molecule has 0 aromatic heterocycles. The predicted molar refractivity (Wildman–Crippen MR) is 65.3 cm³/mol. The quantitative estimate of drug-likeness (QED) is 0.558. The van der Waals surface area contributed by atoms with Crippen LogP contribution in [0.5, 0.6) is 0 Å². The van der Waals surface area contributed by atoms with Crippen molar-refractivity contribution in [2.75, 3.05) is 20.2 Å². The maximum Gasteiger partial charge on any atom is 0.318 e. The van der Waals surface area contributed by atoms with Gasteiger partial charge in [-0.3, -0.25) is 9.59 Å². The van der Waals surface area contributed by atoms with Gasteiger partial charge in [-0.25, -0.2) is 0 Å². The maximum absolute atomic E-state index is 12.3. The molecule has 1 aliphatic rings. The van der Waals surface area contributed by atoms with Crippen LogP contribution >= 0.6 is 0 Å². The van der Waals surface area contributed by atoms with Crippen molar-refractivity contribution in [2.45, 2.75) is 33.6 Å². The topological polar surface area (TPSA) is 46.6 Å². The van der Waals surface area contributed by atoms with E-state index in [1.807, 2.05) is 18.7 Å². The smallest absolute Gasteiger partial charge is 0.318 e. The Morgan fingerprint density at radius 2 is 1.76 bits per heavy atom. The molecule has 4 heteroatoms. The number of ether oxygens (including phenoxy) is 1. The Morgan fingerprint density at radius 3 is 2.18 bits per heavy atom. The molecule has 0 N–H and O–H groups in total. The highest BCUT2D eigenvalue weighted by Crippen LogP contribution is 2.21. The van der Waals surface area contributed by atoms with Crippen molar-refractivity contribution in [3.8, 4) is 0 Å².